The number of hydrogen-bond acceptors (Lipinski definition) is 4. The first-order chi connectivity index (χ1) is 11.8. The molecule has 4 heteroatoms. The van der Waals surface area contributed by atoms with E-state index in [0.29, 0.717) is 5.95 Å². The largest absolute Gasteiger partial charge is 0.354 e. The lowest BCUT2D eigenvalue weighted by Gasteiger charge is -2.11. The molecular weight excluding hydrogens is 296 g/mol. The van der Waals surface area contributed by atoms with Crippen molar-refractivity contribution >= 4 is 17.5 Å². The minimum atomic E-state index is 0.656. The molecule has 0 amide bonds. The highest BCUT2D eigenvalue weighted by atomic mass is 15.1. The van der Waals surface area contributed by atoms with E-state index in [9.17, 15) is 0 Å². The minimum absolute atomic E-state index is 0.656. The smallest absolute Gasteiger partial charge is 0.225 e. The highest BCUT2D eigenvalue weighted by Crippen LogP contribution is 2.23. The van der Waals surface area contributed by atoms with E-state index in [1.54, 1.807) is 0 Å². The van der Waals surface area contributed by atoms with Crippen LogP contribution in [0.4, 0.5) is 17.5 Å². The molecule has 1 aromatic heterocycles. The lowest BCUT2D eigenvalue weighted by molar-refractivity contribution is 0.827. The van der Waals surface area contributed by atoms with Crippen LogP contribution < -0.4 is 10.6 Å². The molecule has 0 spiro atoms. The third-order valence-corrected chi connectivity index (χ3v) is 3.66. The highest BCUT2D eigenvalue weighted by Gasteiger charge is 2.07. The van der Waals surface area contributed by atoms with E-state index in [0.717, 1.165) is 42.1 Å². The maximum absolute atomic E-state index is 4.65. The van der Waals surface area contributed by atoms with Gasteiger partial charge in [0.05, 0.1) is 5.69 Å². The van der Waals surface area contributed by atoms with Crippen molar-refractivity contribution < 1.29 is 0 Å². The summed E-state index contributed by atoms with van der Waals surface area (Å²) in [6, 6.07) is 22.2. The zero-order valence-electron chi connectivity index (χ0n) is 13.9. The molecule has 0 saturated carbocycles. The number of hydrogen-bond donors (Lipinski definition) is 2. The summed E-state index contributed by atoms with van der Waals surface area (Å²) < 4.78 is 0. The molecule has 2 N–H and O–H groups in total. The van der Waals surface area contributed by atoms with Crippen molar-refractivity contribution in [3.05, 3.63) is 66.7 Å². The predicted octanol–water partition coefficient (Wildman–Crippen LogP) is 5.10. The molecule has 3 aromatic rings. The van der Waals surface area contributed by atoms with Gasteiger partial charge in [-0.15, -0.1) is 0 Å². The molecule has 2 aromatic carbocycles. The van der Waals surface area contributed by atoms with Crippen LogP contribution in [0.25, 0.3) is 11.3 Å². The SMILES string of the molecule is CCCCNc1nc(Nc2ccccc2)cc(-c2ccccc2)n1. The third kappa shape index (κ3) is 4.32. The molecule has 3 rings (SSSR count). The molecule has 0 fully saturated rings. The average molecular weight is 318 g/mol. The average Bonchev–Trinajstić information content (AvgIpc) is 2.63. The summed E-state index contributed by atoms with van der Waals surface area (Å²) in [5.41, 5.74) is 2.99. The molecule has 0 radical (unpaired) electrons. The van der Waals surface area contributed by atoms with E-state index in [4.69, 9.17) is 0 Å². The highest BCUT2D eigenvalue weighted by molar-refractivity contribution is 5.67. The standard InChI is InChI=1S/C20H22N4/c1-2-3-14-21-20-23-18(16-10-6-4-7-11-16)15-19(24-20)22-17-12-8-5-9-13-17/h4-13,15H,2-3,14H2,1H3,(H2,21,22,23,24). The van der Waals surface area contributed by atoms with Gasteiger partial charge in [0.25, 0.3) is 0 Å². The Hall–Kier alpha value is -2.88. The minimum Gasteiger partial charge on any atom is -0.354 e. The van der Waals surface area contributed by atoms with Gasteiger partial charge in [-0.1, -0.05) is 61.9 Å². The summed E-state index contributed by atoms with van der Waals surface area (Å²) in [5, 5.41) is 6.67. The number of unbranched alkanes of at least 4 members (excludes halogenated alkanes) is 1. The van der Waals surface area contributed by atoms with Crippen LogP contribution in [0.1, 0.15) is 19.8 Å². The Bertz CT molecular complexity index is 757. The molecule has 122 valence electrons. The van der Waals surface area contributed by atoms with Crippen molar-refractivity contribution in [1.29, 1.82) is 0 Å². The summed E-state index contributed by atoms with van der Waals surface area (Å²) in [7, 11) is 0. The van der Waals surface area contributed by atoms with E-state index in [1.165, 1.54) is 0 Å². The summed E-state index contributed by atoms with van der Waals surface area (Å²) >= 11 is 0. The summed E-state index contributed by atoms with van der Waals surface area (Å²) in [6.07, 6.45) is 2.24. The zero-order chi connectivity index (χ0) is 16.6. The Morgan fingerprint density at radius 2 is 1.58 bits per heavy atom. The van der Waals surface area contributed by atoms with Crippen molar-refractivity contribution in [3.8, 4) is 11.3 Å². The predicted molar refractivity (Wildman–Crippen MR) is 101 cm³/mol. The van der Waals surface area contributed by atoms with Gasteiger partial charge in [-0.3, -0.25) is 0 Å². The van der Waals surface area contributed by atoms with Gasteiger partial charge in [0.1, 0.15) is 5.82 Å². The molecule has 0 aliphatic carbocycles. The molecule has 0 bridgehead atoms. The number of nitrogens with zero attached hydrogens (tertiary/aromatic N) is 2. The second-order valence-electron chi connectivity index (χ2n) is 5.60. The normalized spacial score (nSPS) is 10.4. The number of rotatable bonds is 7. The molecule has 0 saturated heterocycles. The van der Waals surface area contributed by atoms with Gasteiger partial charge in [-0.2, -0.15) is 4.98 Å². The van der Waals surface area contributed by atoms with Gasteiger partial charge in [0.2, 0.25) is 5.95 Å². The quantitative estimate of drug-likeness (QED) is 0.595. The molecule has 0 atom stereocenters. The van der Waals surface area contributed by atoms with Crippen LogP contribution in [-0.4, -0.2) is 16.5 Å². The summed E-state index contributed by atoms with van der Waals surface area (Å²) in [5.74, 6) is 1.44. The van der Waals surface area contributed by atoms with Crippen molar-refractivity contribution in [1.82, 2.24) is 9.97 Å². The Kier molecular flexibility index (Phi) is 5.40. The van der Waals surface area contributed by atoms with Crippen molar-refractivity contribution in [2.24, 2.45) is 0 Å². The van der Waals surface area contributed by atoms with Crippen LogP contribution in [0.5, 0.6) is 0 Å². The lowest BCUT2D eigenvalue weighted by Crippen LogP contribution is -2.07. The second kappa shape index (κ2) is 8.11. The van der Waals surface area contributed by atoms with Crippen LogP contribution in [-0.2, 0) is 0 Å². The van der Waals surface area contributed by atoms with E-state index in [1.807, 2.05) is 54.6 Å². The first-order valence-corrected chi connectivity index (χ1v) is 8.35. The fraction of sp³-hybridized carbons (Fsp3) is 0.200. The Labute approximate surface area is 143 Å². The van der Waals surface area contributed by atoms with E-state index in [-0.39, 0.29) is 0 Å². The number of nitrogens with one attached hydrogen (secondary N) is 2. The molecule has 4 nitrogen and oxygen atoms in total. The Morgan fingerprint density at radius 3 is 2.29 bits per heavy atom. The van der Waals surface area contributed by atoms with Gasteiger partial charge in [-0.25, -0.2) is 4.98 Å². The van der Waals surface area contributed by atoms with Crippen molar-refractivity contribution in [2.75, 3.05) is 17.2 Å². The fourth-order valence-electron chi connectivity index (χ4n) is 2.39. The van der Waals surface area contributed by atoms with Crippen LogP contribution in [0.2, 0.25) is 0 Å². The molecule has 0 unspecified atom stereocenters. The molecule has 0 aliphatic rings. The molecular formula is C20H22N4. The number of anilines is 3. The first kappa shape index (κ1) is 16.0. The molecule has 24 heavy (non-hydrogen) atoms. The number of para-hydroxylation sites is 1. The molecule has 0 aliphatic heterocycles. The second-order valence-corrected chi connectivity index (χ2v) is 5.60. The van der Waals surface area contributed by atoms with Crippen LogP contribution in [0, 0.1) is 0 Å². The van der Waals surface area contributed by atoms with Crippen LogP contribution in [0.3, 0.4) is 0 Å². The van der Waals surface area contributed by atoms with E-state index in [2.05, 4.69) is 39.7 Å². The fourth-order valence-corrected chi connectivity index (χ4v) is 2.39. The van der Waals surface area contributed by atoms with Gasteiger partial charge >= 0.3 is 0 Å². The first-order valence-electron chi connectivity index (χ1n) is 8.35. The van der Waals surface area contributed by atoms with E-state index >= 15 is 0 Å². The lowest BCUT2D eigenvalue weighted by atomic mass is 10.1. The number of aromatic nitrogens is 2. The van der Waals surface area contributed by atoms with Gasteiger partial charge in [-0.05, 0) is 18.6 Å². The van der Waals surface area contributed by atoms with Gasteiger partial charge in [0.15, 0.2) is 0 Å². The summed E-state index contributed by atoms with van der Waals surface area (Å²) in [6.45, 7) is 3.05. The monoisotopic (exact) mass is 318 g/mol. The Balaban J connectivity index is 1.90. The molecule has 1 heterocycles. The Morgan fingerprint density at radius 1 is 0.875 bits per heavy atom. The van der Waals surface area contributed by atoms with E-state index < -0.39 is 0 Å². The third-order valence-electron chi connectivity index (χ3n) is 3.66. The van der Waals surface area contributed by atoms with Crippen molar-refractivity contribution in [3.63, 3.8) is 0 Å². The van der Waals surface area contributed by atoms with Crippen LogP contribution in [0.15, 0.2) is 66.7 Å². The van der Waals surface area contributed by atoms with Crippen LogP contribution >= 0.6 is 0 Å². The van der Waals surface area contributed by atoms with Crippen molar-refractivity contribution in [2.45, 2.75) is 19.8 Å². The van der Waals surface area contributed by atoms with Gasteiger partial charge in [0, 0.05) is 23.9 Å². The summed E-state index contributed by atoms with van der Waals surface area (Å²) in [4.78, 5) is 9.25. The maximum Gasteiger partial charge on any atom is 0.225 e. The maximum atomic E-state index is 4.65. The van der Waals surface area contributed by atoms with Gasteiger partial charge < -0.3 is 10.6 Å². The topological polar surface area (TPSA) is 49.8 Å². The zero-order valence-corrected chi connectivity index (χ0v) is 13.9. The number of benzene rings is 2.